The number of halogens is 2. The summed E-state index contributed by atoms with van der Waals surface area (Å²) in [5, 5.41) is 0. The number of ether oxygens (including phenoxy) is 1. The Hall–Kier alpha value is -0.480. The summed E-state index contributed by atoms with van der Waals surface area (Å²) in [6.45, 7) is 0.389. The molecule has 2 N–H and O–H groups in total. The van der Waals surface area contributed by atoms with Crippen molar-refractivity contribution in [3.8, 4) is 0 Å². The molecule has 0 aliphatic carbocycles. The lowest BCUT2D eigenvalue weighted by atomic mass is 10.0. The second kappa shape index (κ2) is 3.78. The molecule has 2 atom stereocenters. The fourth-order valence-corrected chi connectivity index (χ4v) is 1.06. The first kappa shape index (κ1) is 8.62. The Morgan fingerprint density at radius 1 is 1.64 bits per heavy atom. The molecule has 0 fully saturated rings. The Labute approximate surface area is 64.0 Å². The average Bonchev–Trinajstić information content (AvgIpc) is 2.40. The number of rotatable bonds is 3. The molecule has 0 bridgehead atoms. The summed E-state index contributed by atoms with van der Waals surface area (Å²) in [6, 6.07) is 0. The van der Waals surface area contributed by atoms with Crippen LogP contribution in [0.25, 0.3) is 0 Å². The van der Waals surface area contributed by atoms with Crippen LogP contribution in [-0.4, -0.2) is 25.7 Å². The van der Waals surface area contributed by atoms with Gasteiger partial charge in [0.2, 0.25) is 6.43 Å². The van der Waals surface area contributed by atoms with Gasteiger partial charge in [-0.15, -0.1) is 0 Å². The SMILES string of the molecule is NC[C@@H](C(F)F)[C@@H]1C=CCO1. The van der Waals surface area contributed by atoms with Crippen molar-refractivity contribution in [3.05, 3.63) is 12.2 Å². The van der Waals surface area contributed by atoms with Crippen molar-refractivity contribution in [3.63, 3.8) is 0 Å². The van der Waals surface area contributed by atoms with E-state index in [0.717, 1.165) is 0 Å². The van der Waals surface area contributed by atoms with Gasteiger partial charge >= 0.3 is 0 Å². The molecule has 64 valence electrons. The van der Waals surface area contributed by atoms with E-state index in [0.29, 0.717) is 6.61 Å². The minimum Gasteiger partial charge on any atom is -0.370 e. The van der Waals surface area contributed by atoms with Crippen LogP contribution in [-0.2, 0) is 4.74 Å². The van der Waals surface area contributed by atoms with E-state index in [2.05, 4.69) is 0 Å². The van der Waals surface area contributed by atoms with Gasteiger partial charge in [-0.3, -0.25) is 0 Å². The highest BCUT2D eigenvalue weighted by atomic mass is 19.3. The molecule has 0 unspecified atom stereocenters. The number of hydrogen-bond acceptors (Lipinski definition) is 2. The van der Waals surface area contributed by atoms with Crippen molar-refractivity contribution < 1.29 is 13.5 Å². The monoisotopic (exact) mass is 163 g/mol. The van der Waals surface area contributed by atoms with Crippen molar-refractivity contribution in [2.75, 3.05) is 13.2 Å². The number of nitrogens with two attached hydrogens (primary N) is 1. The van der Waals surface area contributed by atoms with Gasteiger partial charge in [-0.1, -0.05) is 12.2 Å². The molecule has 0 saturated carbocycles. The molecule has 1 heterocycles. The third-order valence-corrected chi connectivity index (χ3v) is 1.73. The fraction of sp³-hybridized carbons (Fsp3) is 0.714. The molecule has 0 amide bonds. The molecule has 1 rings (SSSR count). The molecule has 0 radical (unpaired) electrons. The summed E-state index contributed by atoms with van der Waals surface area (Å²) in [5.41, 5.74) is 5.16. The minimum absolute atomic E-state index is 0.0350. The predicted molar refractivity (Wildman–Crippen MR) is 37.4 cm³/mol. The summed E-state index contributed by atoms with van der Waals surface area (Å²) in [6.07, 6.45) is 0.493. The Kier molecular flexibility index (Phi) is 2.96. The molecule has 0 saturated heterocycles. The van der Waals surface area contributed by atoms with Crippen LogP contribution in [0, 0.1) is 5.92 Å². The topological polar surface area (TPSA) is 35.2 Å². The summed E-state index contributed by atoms with van der Waals surface area (Å²) in [4.78, 5) is 0. The van der Waals surface area contributed by atoms with Gasteiger partial charge in [-0.05, 0) is 0 Å². The zero-order valence-electron chi connectivity index (χ0n) is 6.04. The predicted octanol–water partition coefficient (Wildman–Crippen LogP) is 0.781. The van der Waals surface area contributed by atoms with E-state index in [1.807, 2.05) is 0 Å². The molecule has 11 heavy (non-hydrogen) atoms. The third-order valence-electron chi connectivity index (χ3n) is 1.73. The highest BCUT2D eigenvalue weighted by Gasteiger charge is 2.28. The normalized spacial score (nSPS) is 26.4. The van der Waals surface area contributed by atoms with E-state index < -0.39 is 18.4 Å². The van der Waals surface area contributed by atoms with Crippen molar-refractivity contribution in [1.82, 2.24) is 0 Å². The first-order valence-electron chi connectivity index (χ1n) is 3.52. The Balaban J connectivity index is 2.47. The van der Waals surface area contributed by atoms with Crippen LogP contribution >= 0.6 is 0 Å². The van der Waals surface area contributed by atoms with Gasteiger partial charge in [0.25, 0.3) is 0 Å². The van der Waals surface area contributed by atoms with Crippen molar-refractivity contribution in [1.29, 1.82) is 0 Å². The number of hydrogen-bond donors (Lipinski definition) is 1. The third kappa shape index (κ3) is 1.97. The Morgan fingerprint density at radius 2 is 2.36 bits per heavy atom. The minimum atomic E-state index is -2.40. The molecule has 4 heteroatoms. The van der Waals surface area contributed by atoms with E-state index in [1.54, 1.807) is 12.2 Å². The average molecular weight is 163 g/mol. The van der Waals surface area contributed by atoms with Crippen LogP contribution in [0.15, 0.2) is 12.2 Å². The smallest absolute Gasteiger partial charge is 0.245 e. The molecule has 1 aliphatic heterocycles. The standard InChI is InChI=1S/C7H11F2NO/c8-7(9)5(4-10)6-2-1-3-11-6/h1-2,5-7H,3-4,10H2/t5-,6+/m1/s1. The lowest BCUT2D eigenvalue weighted by Crippen LogP contribution is -2.32. The van der Waals surface area contributed by atoms with Gasteiger partial charge in [-0.2, -0.15) is 0 Å². The summed E-state index contributed by atoms with van der Waals surface area (Å²) in [5.74, 6) is -0.853. The Bertz CT molecular complexity index is 149. The first-order chi connectivity index (χ1) is 5.25. The van der Waals surface area contributed by atoms with Crippen LogP contribution in [0.3, 0.4) is 0 Å². The molecular weight excluding hydrogens is 152 g/mol. The van der Waals surface area contributed by atoms with Gasteiger partial charge in [0.1, 0.15) is 0 Å². The molecular formula is C7H11F2NO. The maximum atomic E-state index is 12.2. The molecule has 0 spiro atoms. The summed E-state index contributed by atoms with van der Waals surface area (Å²) < 4.78 is 29.3. The highest BCUT2D eigenvalue weighted by molar-refractivity contribution is 4.99. The van der Waals surface area contributed by atoms with Crippen LogP contribution in [0.5, 0.6) is 0 Å². The van der Waals surface area contributed by atoms with Crippen LogP contribution in [0.1, 0.15) is 0 Å². The molecule has 1 aliphatic rings. The molecule has 0 aromatic carbocycles. The second-order valence-electron chi connectivity index (χ2n) is 2.46. The molecule has 0 aromatic rings. The largest absolute Gasteiger partial charge is 0.370 e. The maximum Gasteiger partial charge on any atom is 0.245 e. The van der Waals surface area contributed by atoms with E-state index in [4.69, 9.17) is 10.5 Å². The highest BCUT2D eigenvalue weighted by Crippen LogP contribution is 2.19. The van der Waals surface area contributed by atoms with Gasteiger partial charge < -0.3 is 10.5 Å². The van der Waals surface area contributed by atoms with Gasteiger partial charge in [0, 0.05) is 6.54 Å². The molecule has 2 nitrogen and oxygen atoms in total. The lowest BCUT2D eigenvalue weighted by molar-refractivity contribution is -0.00569. The zero-order valence-corrected chi connectivity index (χ0v) is 6.04. The summed E-state index contributed by atoms with van der Waals surface area (Å²) in [7, 11) is 0. The molecule has 0 aromatic heterocycles. The zero-order chi connectivity index (χ0) is 8.27. The van der Waals surface area contributed by atoms with Crippen molar-refractivity contribution in [2.24, 2.45) is 11.7 Å². The fourth-order valence-electron chi connectivity index (χ4n) is 1.06. The lowest BCUT2D eigenvalue weighted by Gasteiger charge is -2.18. The quantitative estimate of drug-likeness (QED) is 0.624. The van der Waals surface area contributed by atoms with Gasteiger partial charge in [-0.25, -0.2) is 8.78 Å². The van der Waals surface area contributed by atoms with Gasteiger partial charge in [0.05, 0.1) is 18.6 Å². The van der Waals surface area contributed by atoms with Crippen LogP contribution < -0.4 is 5.73 Å². The van der Waals surface area contributed by atoms with Gasteiger partial charge in [0.15, 0.2) is 0 Å². The van der Waals surface area contributed by atoms with Crippen LogP contribution in [0.2, 0.25) is 0 Å². The van der Waals surface area contributed by atoms with Crippen molar-refractivity contribution >= 4 is 0 Å². The Morgan fingerprint density at radius 3 is 2.73 bits per heavy atom. The number of alkyl halides is 2. The van der Waals surface area contributed by atoms with Crippen molar-refractivity contribution in [2.45, 2.75) is 12.5 Å². The van der Waals surface area contributed by atoms with E-state index in [1.165, 1.54) is 0 Å². The van der Waals surface area contributed by atoms with E-state index in [9.17, 15) is 8.78 Å². The van der Waals surface area contributed by atoms with Crippen LogP contribution in [0.4, 0.5) is 8.78 Å². The van der Waals surface area contributed by atoms with E-state index >= 15 is 0 Å². The first-order valence-corrected chi connectivity index (χ1v) is 3.52. The summed E-state index contributed by atoms with van der Waals surface area (Å²) >= 11 is 0. The van der Waals surface area contributed by atoms with E-state index in [-0.39, 0.29) is 6.54 Å². The second-order valence-corrected chi connectivity index (χ2v) is 2.46. The maximum absolute atomic E-state index is 12.2.